The first-order valence-electron chi connectivity index (χ1n) is 10.6. The minimum Gasteiger partial charge on any atom is -0.497 e. The molecule has 2 aliphatic rings. The third kappa shape index (κ3) is 3.34. The average Bonchev–Trinajstić information content (AvgIpc) is 3.43. The molecule has 0 saturated carbocycles. The number of hydrogen-bond acceptors (Lipinski definition) is 4. The monoisotopic (exact) mass is 426 g/mol. The lowest BCUT2D eigenvalue weighted by molar-refractivity contribution is -0.119. The summed E-state index contributed by atoms with van der Waals surface area (Å²) in [6.45, 7) is 0.505. The highest BCUT2D eigenvalue weighted by atomic mass is 16.5. The zero-order valence-corrected chi connectivity index (χ0v) is 17.6. The molecule has 3 aromatic carbocycles. The second-order valence-corrected chi connectivity index (χ2v) is 8.01. The van der Waals surface area contributed by atoms with E-state index in [1.807, 2.05) is 24.3 Å². The van der Waals surface area contributed by atoms with E-state index < -0.39 is 6.04 Å². The summed E-state index contributed by atoms with van der Waals surface area (Å²) in [4.78, 5) is 40.6. The number of fused-ring (bicyclic) bond motifs is 3. The van der Waals surface area contributed by atoms with Crippen LogP contribution in [-0.4, -0.2) is 42.2 Å². The summed E-state index contributed by atoms with van der Waals surface area (Å²) in [5.74, 6) is 0.184. The SMILES string of the molecule is COc1ccc(NC(=O)C2CCCN2C(=O)c2ccc3c(c2)C(=O)c2ccccc2-3)cc1. The molecule has 6 heteroatoms. The maximum absolute atomic E-state index is 13.3. The van der Waals surface area contributed by atoms with Crippen LogP contribution in [0.5, 0.6) is 5.75 Å². The van der Waals surface area contributed by atoms with Crippen LogP contribution in [0.25, 0.3) is 11.1 Å². The Morgan fingerprint density at radius 2 is 1.66 bits per heavy atom. The van der Waals surface area contributed by atoms with Crippen LogP contribution in [0, 0.1) is 0 Å². The quantitative estimate of drug-likeness (QED) is 0.532. The molecule has 1 unspecified atom stereocenters. The number of likely N-dealkylation sites (tertiary alicyclic amines) is 1. The molecule has 3 aromatic rings. The van der Waals surface area contributed by atoms with Crippen LogP contribution < -0.4 is 10.1 Å². The number of hydrogen-bond donors (Lipinski definition) is 1. The van der Waals surface area contributed by atoms with Gasteiger partial charge in [0.1, 0.15) is 11.8 Å². The van der Waals surface area contributed by atoms with Gasteiger partial charge < -0.3 is 15.0 Å². The number of amides is 2. The minimum atomic E-state index is -0.550. The lowest BCUT2D eigenvalue weighted by Crippen LogP contribution is -2.43. The van der Waals surface area contributed by atoms with E-state index in [-0.39, 0.29) is 17.6 Å². The molecule has 5 rings (SSSR count). The zero-order valence-electron chi connectivity index (χ0n) is 17.6. The third-order valence-corrected chi connectivity index (χ3v) is 6.15. The van der Waals surface area contributed by atoms with Crippen molar-refractivity contribution in [1.82, 2.24) is 4.90 Å². The fourth-order valence-corrected chi connectivity index (χ4v) is 4.51. The van der Waals surface area contributed by atoms with Crippen LogP contribution in [0.3, 0.4) is 0 Å². The lowest BCUT2D eigenvalue weighted by atomic mass is 10.0. The minimum absolute atomic E-state index is 0.0690. The highest BCUT2D eigenvalue weighted by Gasteiger charge is 2.35. The summed E-state index contributed by atoms with van der Waals surface area (Å²) in [5.41, 5.74) is 4.01. The van der Waals surface area contributed by atoms with Gasteiger partial charge in [-0.05, 0) is 60.4 Å². The second-order valence-electron chi connectivity index (χ2n) is 8.01. The van der Waals surface area contributed by atoms with Crippen molar-refractivity contribution in [3.05, 3.63) is 83.4 Å². The molecule has 0 spiro atoms. The number of nitrogens with zero attached hydrogens (tertiary/aromatic N) is 1. The molecule has 2 amide bonds. The summed E-state index contributed by atoms with van der Waals surface area (Å²) >= 11 is 0. The first kappa shape index (κ1) is 20.0. The van der Waals surface area contributed by atoms with Crippen molar-refractivity contribution in [2.75, 3.05) is 19.0 Å². The first-order chi connectivity index (χ1) is 15.6. The number of carbonyl (C=O) groups excluding carboxylic acids is 3. The average molecular weight is 426 g/mol. The number of methoxy groups -OCH3 is 1. The maximum atomic E-state index is 13.3. The van der Waals surface area contributed by atoms with Crippen molar-refractivity contribution >= 4 is 23.3 Å². The van der Waals surface area contributed by atoms with Crippen LogP contribution in [0.2, 0.25) is 0 Å². The molecule has 1 saturated heterocycles. The molecule has 0 radical (unpaired) electrons. The first-order valence-corrected chi connectivity index (χ1v) is 10.6. The Bertz CT molecular complexity index is 1230. The van der Waals surface area contributed by atoms with Crippen molar-refractivity contribution in [3.63, 3.8) is 0 Å². The molecular formula is C26H22N2O4. The predicted molar refractivity (Wildman–Crippen MR) is 121 cm³/mol. The standard InChI is InChI=1S/C26H22N2O4/c1-32-18-11-9-17(10-12-18)27-25(30)23-7-4-14-28(23)26(31)16-8-13-20-19-5-2-3-6-21(19)24(29)22(20)15-16/h2-3,5-6,8-13,15,23H,4,7,14H2,1H3,(H,27,30). The molecule has 32 heavy (non-hydrogen) atoms. The van der Waals surface area contributed by atoms with Crippen LogP contribution in [0.1, 0.15) is 39.1 Å². The second kappa shape index (κ2) is 7.96. The molecule has 1 aliphatic heterocycles. The molecule has 1 fully saturated rings. The topological polar surface area (TPSA) is 75.7 Å². The summed E-state index contributed by atoms with van der Waals surface area (Å²) in [6, 6.07) is 19.2. The van der Waals surface area contributed by atoms with Crippen molar-refractivity contribution in [2.45, 2.75) is 18.9 Å². The normalized spacial score (nSPS) is 16.5. The van der Waals surface area contributed by atoms with Gasteiger partial charge in [0.05, 0.1) is 7.11 Å². The molecule has 160 valence electrons. The number of ketones is 1. The van der Waals surface area contributed by atoms with E-state index in [2.05, 4.69) is 5.32 Å². The Hall–Kier alpha value is -3.93. The van der Waals surface area contributed by atoms with E-state index in [1.54, 1.807) is 54.5 Å². The van der Waals surface area contributed by atoms with Crippen molar-refractivity contribution in [1.29, 1.82) is 0 Å². The predicted octanol–water partition coefficient (Wildman–Crippen LogP) is 4.15. The number of nitrogens with one attached hydrogen (secondary N) is 1. The highest BCUT2D eigenvalue weighted by Crippen LogP contribution is 2.37. The third-order valence-electron chi connectivity index (χ3n) is 6.15. The van der Waals surface area contributed by atoms with Gasteiger partial charge in [0, 0.05) is 28.9 Å². The van der Waals surface area contributed by atoms with Crippen molar-refractivity contribution < 1.29 is 19.1 Å². The Morgan fingerprint density at radius 3 is 2.41 bits per heavy atom. The summed E-state index contributed by atoms with van der Waals surface area (Å²) in [7, 11) is 1.58. The number of benzene rings is 3. The van der Waals surface area contributed by atoms with E-state index in [0.717, 1.165) is 17.5 Å². The van der Waals surface area contributed by atoms with Crippen molar-refractivity contribution in [3.8, 4) is 16.9 Å². The number of rotatable bonds is 4. The van der Waals surface area contributed by atoms with E-state index in [1.165, 1.54) is 0 Å². The Morgan fingerprint density at radius 1 is 0.938 bits per heavy atom. The molecule has 0 aromatic heterocycles. The van der Waals surface area contributed by atoms with E-state index >= 15 is 0 Å². The fraction of sp³-hybridized carbons (Fsp3) is 0.192. The van der Waals surface area contributed by atoms with Crippen LogP contribution >= 0.6 is 0 Å². The lowest BCUT2D eigenvalue weighted by Gasteiger charge is -2.24. The van der Waals surface area contributed by atoms with Crippen LogP contribution in [0.4, 0.5) is 5.69 Å². The smallest absolute Gasteiger partial charge is 0.254 e. The molecule has 0 bridgehead atoms. The number of anilines is 1. The van der Waals surface area contributed by atoms with Gasteiger partial charge in [-0.1, -0.05) is 30.3 Å². The Labute approximate surface area is 185 Å². The fourth-order valence-electron chi connectivity index (χ4n) is 4.51. The van der Waals surface area contributed by atoms with E-state index in [0.29, 0.717) is 41.1 Å². The van der Waals surface area contributed by atoms with Crippen LogP contribution in [0.15, 0.2) is 66.7 Å². The summed E-state index contributed by atoms with van der Waals surface area (Å²) in [6.07, 6.45) is 1.35. The molecule has 1 atom stereocenters. The largest absolute Gasteiger partial charge is 0.497 e. The molecule has 1 aliphatic carbocycles. The molecule has 1 heterocycles. The molecular weight excluding hydrogens is 404 g/mol. The van der Waals surface area contributed by atoms with Gasteiger partial charge in [-0.15, -0.1) is 0 Å². The Balaban J connectivity index is 1.36. The number of ether oxygens (including phenoxy) is 1. The van der Waals surface area contributed by atoms with Crippen LogP contribution in [-0.2, 0) is 4.79 Å². The van der Waals surface area contributed by atoms with Gasteiger partial charge in [0.15, 0.2) is 5.78 Å². The van der Waals surface area contributed by atoms with Gasteiger partial charge in [0.25, 0.3) is 5.91 Å². The molecule has 6 nitrogen and oxygen atoms in total. The summed E-state index contributed by atoms with van der Waals surface area (Å²) < 4.78 is 5.14. The number of carbonyl (C=O) groups is 3. The zero-order chi connectivity index (χ0) is 22.2. The molecule has 1 N–H and O–H groups in total. The van der Waals surface area contributed by atoms with E-state index in [4.69, 9.17) is 4.74 Å². The summed E-state index contributed by atoms with van der Waals surface area (Å²) in [5, 5.41) is 2.89. The van der Waals surface area contributed by atoms with Gasteiger partial charge in [-0.2, -0.15) is 0 Å². The van der Waals surface area contributed by atoms with Crippen molar-refractivity contribution in [2.24, 2.45) is 0 Å². The Kier molecular flexibility index (Phi) is 4.98. The van der Waals surface area contributed by atoms with Gasteiger partial charge in [0.2, 0.25) is 5.91 Å². The van der Waals surface area contributed by atoms with Gasteiger partial charge in [-0.3, -0.25) is 14.4 Å². The van der Waals surface area contributed by atoms with Gasteiger partial charge in [-0.25, -0.2) is 0 Å². The maximum Gasteiger partial charge on any atom is 0.254 e. The van der Waals surface area contributed by atoms with E-state index in [9.17, 15) is 14.4 Å². The van der Waals surface area contributed by atoms with Gasteiger partial charge >= 0.3 is 0 Å². The highest BCUT2D eigenvalue weighted by molar-refractivity contribution is 6.22.